The summed E-state index contributed by atoms with van der Waals surface area (Å²) in [6.07, 6.45) is 6.41. The number of hydrogen-bond acceptors (Lipinski definition) is 10. The Kier molecular flexibility index (Phi) is 8.07. The molecular formula is C23H26ClN7O5S. The molecule has 1 aliphatic heterocycles. The van der Waals surface area contributed by atoms with Crippen molar-refractivity contribution in [3.63, 3.8) is 0 Å². The zero-order valence-corrected chi connectivity index (χ0v) is 22.1. The Balaban J connectivity index is 1.80. The molecule has 1 unspecified atom stereocenters. The molecule has 1 aliphatic rings. The predicted octanol–water partition coefficient (Wildman–Crippen LogP) is 2.81. The smallest absolute Gasteiger partial charge is 0.243 e. The second-order valence-electron chi connectivity index (χ2n) is 7.90. The number of anilines is 1. The lowest BCUT2D eigenvalue weighted by Crippen LogP contribution is -2.36. The van der Waals surface area contributed by atoms with Gasteiger partial charge in [-0.05, 0) is 37.3 Å². The first-order valence-corrected chi connectivity index (χ1v) is 13.0. The van der Waals surface area contributed by atoms with Crippen LogP contribution in [-0.2, 0) is 24.2 Å². The Hall–Kier alpha value is -3.52. The fourth-order valence-electron chi connectivity index (χ4n) is 3.84. The Morgan fingerprint density at radius 3 is 2.59 bits per heavy atom. The summed E-state index contributed by atoms with van der Waals surface area (Å²) >= 11 is 5.94. The van der Waals surface area contributed by atoms with Gasteiger partial charge in [0, 0.05) is 44.6 Å². The van der Waals surface area contributed by atoms with Gasteiger partial charge in [-0.1, -0.05) is 11.6 Å². The average Bonchev–Trinajstić information content (AvgIpc) is 3.32. The molecule has 3 aromatic rings. The van der Waals surface area contributed by atoms with Crippen molar-refractivity contribution in [2.24, 2.45) is 0 Å². The highest BCUT2D eigenvalue weighted by molar-refractivity contribution is 7.93. The Bertz CT molecular complexity index is 1390. The molecule has 2 N–H and O–H groups in total. The summed E-state index contributed by atoms with van der Waals surface area (Å²) in [4.78, 5) is 8.37. The molecule has 0 amide bonds. The number of ether oxygens (including phenoxy) is 3. The van der Waals surface area contributed by atoms with Gasteiger partial charge in [0.1, 0.15) is 22.8 Å². The van der Waals surface area contributed by atoms with E-state index in [1.54, 1.807) is 48.9 Å². The summed E-state index contributed by atoms with van der Waals surface area (Å²) in [6.45, 7) is 1.51. The maximum absolute atomic E-state index is 13.6. The van der Waals surface area contributed by atoms with E-state index in [2.05, 4.69) is 30.2 Å². The highest BCUT2D eigenvalue weighted by atomic mass is 35.5. The molecule has 0 radical (unpaired) electrons. The van der Waals surface area contributed by atoms with Crippen LogP contribution in [-0.4, -0.2) is 66.0 Å². The molecule has 3 aromatic heterocycles. The Morgan fingerprint density at radius 1 is 1.16 bits per heavy atom. The molecule has 4 rings (SSSR count). The van der Waals surface area contributed by atoms with Gasteiger partial charge in [0.25, 0.3) is 0 Å². The Labute approximate surface area is 219 Å². The molecule has 0 aliphatic carbocycles. The molecule has 196 valence electrons. The number of methoxy groups -OCH3 is 3. The van der Waals surface area contributed by atoms with Crippen LogP contribution < -0.4 is 10.0 Å². The van der Waals surface area contributed by atoms with E-state index in [9.17, 15) is 8.42 Å². The molecule has 0 bridgehead atoms. The standard InChI is InChI=1S/C23H26ClN7O5S/c1-14(20(35-3)17-8-7-16(24)13-27-17)37(32,33)30-23-29-28-21(15-6-5-10-25-12-15)31(23)19-18(34-2)9-11-26-22(19)36-4/h5-14,20,22,26H,1-4H3,(H,29,30)/t14-,20-,22?/m0/s1. The normalized spacial score (nSPS) is 17.3. The summed E-state index contributed by atoms with van der Waals surface area (Å²) in [5.74, 6) is 0.669. The monoisotopic (exact) mass is 547 g/mol. The quantitative estimate of drug-likeness (QED) is 0.389. The van der Waals surface area contributed by atoms with Crippen LogP contribution in [0.4, 0.5) is 5.95 Å². The van der Waals surface area contributed by atoms with E-state index in [1.807, 2.05) is 0 Å². The van der Waals surface area contributed by atoms with Gasteiger partial charge in [-0.2, -0.15) is 0 Å². The first-order valence-electron chi connectivity index (χ1n) is 11.1. The number of allylic oxidation sites excluding steroid dienone is 1. The van der Waals surface area contributed by atoms with E-state index < -0.39 is 27.6 Å². The molecule has 0 saturated heterocycles. The maximum atomic E-state index is 13.6. The first kappa shape index (κ1) is 26.5. The van der Waals surface area contributed by atoms with Crippen molar-refractivity contribution in [2.45, 2.75) is 24.5 Å². The number of hydrogen-bond donors (Lipinski definition) is 2. The number of halogens is 1. The van der Waals surface area contributed by atoms with Crippen molar-refractivity contribution in [1.82, 2.24) is 30.0 Å². The van der Waals surface area contributed by atoms with Crippen LogP contribution in [0.15, 0.2) is 60.9 Å². The third kappa shape index (κ3) is 5.44. The molecule has 37 heavy (non-hydrogen) atoms. The van der Waals surface area contributed by atoms with Crippen LogP contribution >= 0.6 is 11.6 Å². The summed E-state index contributed by atoms with van der Waals surface area (Å²) in [5, 5.41) is 10.9. The number of pyridine rings is 2. The second-order valence-corrected chi connectivity index (χ2v) is 10.4. The largest absolute Gasteiger partial charge is 0.495 e. The number of nitrogens with one attached hydrogen (secondary N) is 2. The van der Waals surface area contributed by atoms with Crippen LogP contribution in [0.25, 0.3) is 17.1 Å². The Morgan fingerprint density at radius 2 is 1.97 bits per heavy atom. The van der Waals surface area contributed by atoms with E-state index in [-0.39, 0.29) is 5.95 Å². The summed E-state index contributed by atoms with van der Waals surface area (Å²) in [6, 6.07) is 6.75. The number of aromatic nitrogens is 5. The van der Waals surface area contributed by atoms with Crippen molar-refractivity contribution in [1.29, 1.82) is 0 Å². The fraction of sp³-hybridized carbons (Fsp3) is 0.304. The highest BCUT2D eigenvalue weighted by Crippen LogP contribution is 2.32. The van der Waals surface area contributed by atoms with Crippen LogP contribution in [0.3, 0.4) is 0 Å². The van der Waals surface area contributed by atoms with Crippen LogP contribution in [0.1, 0.15) is 18.7 Å². The zero-order chi connectivity index (χ0) is 26.6. The number of nitrogens with zero attached hydrogens (tertiary/aromatic N) is 5. The summed E-state index contributed by atoms with van der Waals surface area (Å²) < 4.78 is 47.9. The van der Waals surface area contributed by atoms with Gasteiger partial charge in [0.15, 0.2) is 12.1 Å². The summed E-state index contributed by atoms with van der Waals surface area (Å²) in [5.41, 5.74) is 1.44. The molecule has 12 nitrogen and oxygen atoms in total. The zero-order valence-electron chi connectivity index (χ0n) is 20.5. The third-order valence-electron chi connectivity index (χ3n) is 5.71. The lowest BCUT2D eigenvalue weighted by molar-refractivity contribution is 0.0989. The minimum atomic E-state index is -4.09. The lowest BCUT2D eigenvalue weighted by Gasteiger charge is -2.27. The van der Waals surface area contributed by atoms with Gasteiger partial charge in [-0.25, -0.2) is 8.42 Å². The van der Waals surface area contributed by atoms with Crippen molar-refractivity contribution < 1.29 is 22.6 Å². The fourth-order valence-corrected chi connectivity index (χ4v) is 5.10. The minimum Gasteiger partial charge on any atom is -0.495 e. The molecule has 3 atom stereocenters. The minimum absolute atomic E-state index is 0.0756. The molecular weight excluding hydrogens is 522 g/mol. The van der Waals surface area contributed by atoms with Gasteiger partial charge in [0.05, 0.1) is 17.8 Å². The van der Waals surface area contributed by atoms with Crippen LogP contribution in [0.2, 0.25) is 5.02 Å². The predicted molar refractivity (Wildman–Crippen MR) is 138 cm³/mol. The van der Waals surface area contributed by atoms with Crippen molar-refractivity contribution in [3.05, 3.63) is 71.6 Å². The number of rotatable bonds is 10. The van der Waals surface area contributed by atoms with Crippen molar-refractivity contribution >= 4 is 33.3 Å². The summed E-state index contributed by atoms with van der Waals surface area (Å²) in [7, 11) is 0.327. The van der Waals surface area contributed by atoms with E-state index in [1.165, 1.54) is 39.0 Å². The van der Waals surface area contributed by atoms with Gasteiger partial charge < -0.3 is 19.5 Å². The van der Waals surface area contributed by atoms with Crippen molar-refractivity contribution in [3.8, 4) is 11.4 Å². The molecule has 0 spiro atoms. The van der Waals surface area contributed by atoms with E-state index in [0.29, 0.717) is 33.6 Å². The molecule has 0 fully saturated rings. The number of sulfonamides is 1. The average molecular weight is 548 g/mol. The maximum Gasteiger partial charge on any atom is 0.243 e. The van der Waals surface area contributed by atoms with Gasteiger partial charge in [-0.15, -0.1) is 10.2 Å². The van der Waals surface area contributed by atoms with E-state index in [0.717, 1.165) is 0 Å². The molecule has 0 saturated carbocycles. The van der Waals surface area contributed by atoms with Crippen LogP contribution in [0.5, 0.6) is 0 Å². The lowest BCUT2D eigenvalue weighted by atomic mass is 10.2. The van der Waals surface area contributed by atoms with Gasteiger partial charge in [0.2, 0.25) is 16.0 Å². The van der Waals surface area contributed by atoms with E-state index in [4.69, 9.17) is 25.8 Å². The topological polar surface area (TPSA) is 142 Å². The van der Waals surface area contributed by atoms with Gasteiger partial charge in [-0.3, -0.25) is 19.3 Å². The highest BCUT2D eigenvalue weighted by Gasteiger charge is 2.35. The van der Waals surface area contributed by atoms with Crippen LogP contribution in [0, 0.1) is 0 Å². The molecule has 4 heterocycles. The second kappa shape index (κ2) is 11.3. The van der Waals surface area contributed by atoms with Crippen molar-refractivity contribution in [2.75, 3.05) is 26.1 Å². The SMILES string of the molecule is COC1=C(n2c(NS(=O)(=O)[C@@H](C)[C@H](OC)c3ccc(Cl)cn3)nnc2-c2cccnc2)C(OC)NC=C1. The molecule has 0 aromatic carbocycles. The third-order valence-corrected chi connectivity index (χ3v) is 7.62. The molecule has 14 heteroatoms. The first-order chi connectivity index (χ1) is 17.8. The van der Waals surface area contributed by atoms with E-state index >= 15 is 0 Å². The number of dihydropyridines is 1. The van der Waals surface area contributed by atoms with Gasteiger partial charge >= 0.3 is 0 Å².